The molecular formula is C28H30ClF3N6S. The molecule has 1 aliphatic carbocycles. The molecule has 11 heteroatoms. The molecule has 0 radical (unpaired) electrons. The highest BCUT2D eigenvalue weighted by atomic mass is 35.5. The van der Waals surface area contributed by atoms with Crippen molar-refractivity contribution < 1.29 is 13.2 Å². The lowest BCUT2D eigenvalue weighted by atomic mass is 9.79. The number of benzene rings is 2. The minimum absolute atomic E-state index is 0.116. The van der Waals surface area contributed by atoms with Gasteiger partial charge in [0.15, 0.2) is 10.8 Å². The second-order valence-corrected chi connectivity index (χ2v) is 10.9. The maximum Gasteiger partial charge on any atom is 0.433 e. The van der Waals surface area contributed by atoms with Crippen molar-refractivity contribution in [2.24, 2.45) is 0 Å². The number of anilines is 3. The third-order valence-electron chi connectivity index (χ3n) is 7.56. The van der Waals surface area contributed by atoms with Crippen LogP contribution in [-0.4, -0.2) is 47.8 Å². The number of alkyl halides is 3. The summed E-state index contributed by atoms with van der Waals surface area (Å²) in [6, 6.07) is 18.8. The van der Waals surface area contributed by atoms with Gasteiger partial charge < -0.3 is 20.4 Å². The quantitative estimate of drug-likeness (QED) is 0.336. The topological polar surface area (TPSA) is 56.3 Å². The molecule has 0 amide bonds. The lowest BCUT2D eigenvalue weighted by Gasteiger charge is -2.37. The summed E-state index contributed by atoms with van der Waals surface area (Å²) >= 11 is 11.6. The summed E-state index contributed by atoms with van der Waals surface area (Å²) < 4.78 is 41.3. The second-order valence-electron chi connectivity index (χ2n) is 10.0. The first-order chi connectivity index (χ1) is 18.7. The largest absolute Gasteiger partial charge is 0.433 e. The number of hydrogen-bond donors (Lipinski definition) is 2. The Morgan fingerprint density at radius 2 is 1.56 bits per heavy atom. The monoisotopic (exact) mass is 574 g/mol. The van der Waals surface area contributed by atoms with Gasteiger partial charge in [-0.1, -0.05) is 54.8 Å². The van der Waals surface area contributed by atoms with Crippen LogP contribution >= 0.6 is 23.8 Å². The second kappa shape index (κ2) is 11.6. The SMILES string of the molecule is FC(F)(F)c1cc(N2CCN(c3ccccc3)CC2)nc(NC(=S)NCC2(c3ccc(Cl)cc3)CCCC2)n1. The summed E-state index contributed by atoms with van der Waals surface area (Å²) in [4.78, 5) is 12.2. The molecule has 5 rings (SSSR count). The molecule has 1 aliphatic heterocycles. The van der Waals surface area contributed by atoms with Crippen molar-refractivity contribution in [3.8, 4) is 0 Å². The zero-order valence-electron chi connectivity index (χ0n) is 21.3. The van der Waals surface area contributed by atoms with Crippen LogP contribution in [0.15, 0.2) is 60.7 Å². The van der Waals surface area contributed by atoms with Crippen molar-refractivity contribution >= 4 is 46.4 Å². The molecule has 2 aliphatic rings. The Kier molecular flexibility index (Phi) is 8.13. The van der Waals surface area contributed by atoms with Crippen molar-refractivity contribution in [3.63, 3.8) is 0 Å². The van der Waals surface area contributed by atoms with Crippen molar-refractivity contribution in [3.05, 3.63) is 76.9 Å². The molecule has 0 atom stereocenters. The minimum Gasteiger partial charge on any atom is -0.368 e. The maximum atomic E-state index is 13.8. The van der Waals surface area contributed by atoms with Gasteiger partial charge >= 0.3 is 6.18 Å². The summed E-state index contributed by atoms with van der Waals surface area (Å²) in [5.74, 6) is 0.0542. The fraction of sp³-hybridized carbons (Fsp3) is 0.393. The van der Waals surface area contributed by atoms with E-state index in [4.69, 9.17) is 23.8 Å². The number of piperazine rings is 1. The molecule has 1 saturated heterocycles. The summed E-state index contributed by atoms with van der Waals surface area (Å²) in [5.41, 5.74) is 1.14. The predicted molar refractivity (Wildman–Crippen MR) is 154 cm³/mol. The minimum atomic E-state index is -4.61. The highest BCUT2D eigenvalue weighted by molar-refractivity contribution is 7.80. The highest BCUT2D eigenvalue weighted by Gasteiger charge is 2.36. The molecule has 1 aromatic heterocycles. The third kappa shape index (κ3) is 6.55. The van der Waals surface area contributed by atoms with Gasteiger partial charge in [-0.3, -0.25) is 0 Å². The van der Waals surface area contributed by atoms with E-state index in [1.165, 1.54) is 5.56 Å². The van der Waals surface area contributed by atoms with Gasteiger partial charge in [-0.05, 0) is 54.9 Å². The van der Waals surface area contributed by atoms with E-state index >= 15 is 0 Å². The Bertz CT molecular complexity index is 1270. The van der Waals surface area contributed by atoms with Crippen LogP contribution in [0.2, 0.25) is 5.02 Å². The van der Waals surface area contributed by atoms with Crippen LogP contribution in [0.25, 0.3) is 0 Å². The smallest absolute Gasteiger partial charge is 0.368 e. The van der Waals surface area contributed by atoms with Crippen molar-refractivity contribution in [1.29, 1.82) is 0 Å². The van der Waals surface area contributed by atoms with Crippen LogP contribution in [0.3, 0.4) is 0 Å². The van der Waals surface area contributed by atoms with Crippen molar-refractivity contribution in [2.45, 2.75) is 37.3 Å². The van der Waals surface area contributed by atoms with Gasteiger partial charge in [0.25, 0.3) is 0 Å². The summed E-state index contributed by atoms with van der Waals surface area (Å²) in [5, 5.41) is 6.89. The molecule has 0 spiro atoms. The lowest BCUT2D eigenvalue weighted by molar-refractivity contribution is -0.141. The Morgan fingerprint density at radius 3 is 2.21 bits per heavy atom. The van der Waals surface area contributed by atoms with E-state index in [2.05, 4.69) is 25.5 Å². The molecule has 2 heterocycles. The van der Waals surface area contributed by atoms with E-state index < -0.39 is 11.9 Å². The fourth-order valence-corrected chi connectivity index (χ4v) is 5.74. The number of nitrogens with one attached hydrogen (secondary N) is 2. The summed E-state index contributed by atoms with van der Waals surface area (Å²) in [7, 11) is 0. The molecule has 6 nitrogen and oxygen atoms in total. The van der Waals surface area contributed by atoms with Crippen LogP contribution in [-0.2, 0) is 11.6 Å². The number of nitrogens with zero attached hydrogens (tertiary/aromatic N) is 4. The van der Waals surface area contributed by atoms with Crippen LogP contribution in [0, 0.1) is 0 Å². The highest BCUT2D eigenvalue weighted by Crippen LogP contribution is 2.41. The summed E-state index contributed by atoms with van der Waals surface area (Å²) in [6.07, 6.45) is -0.436. The van der Waals surface area contributed by atoms with Gasteiger partial charge in [-0.2, -0.15) is 18.2 Å². The zero-order chi connectivity index (χ0) is 27.5. The van der Waals surface area contributed by atoms with Gasteiger partial charge in [0, 0.05) is 54.9 Å². The van der Waals surface area contributed by atoms with Gasteiger partial charge in [0.1, 0.15) is 5.82 Å². The summed E-state index contributed by atoms with van der Waals surface area (Å²) in [6.45, 7) is 2.97. The number of halogens is 4. The van der Waals surface area contributed by atoms with Crippen LogP contribution < -0.4 is 20.4 Å². The molecular weight excluding hydrogens is 545 g/mol. The van der Waals surface area contributed by atoms with Gasteiger partial charge in [0.2, 0.25) is 5.95 Å². The number of thiocarbonyl (C=S) groups is 1. The standard InChI is InChI=1S/C28H30ClF3N6S/c29-21-10-8-20(9-11-21)27(12-4-5-13-27)19-33-26(39)36-25-34-23(28(30,31)32)18-24(35-25)38-16-14-37(15-17-38)22-6-2-1-3-7-22/h1-3,6-11,18H,4-5,12-17,19H2,(H2,33,34,35,36,39). The van der Waals surface area contributed by atoms with E-state index in [1.807, 2.05) is 59.5 Å². The number of para-hydroxylation sites is 1. The Labute approximate surface area is 236 Å². The first-order valence-electron chi connectivity index (χ1n) is 13.0. The van der Waals surface area contributed by atoms with Crippen LogP contribution in [0.4, 0.5) is 30.6 Å². The Balaban J connectivity index is 1.28. The van der Waals surface area contributed by atoms with E-state index in [0.29, 0.717) is 37.7 Å². The first-order valence-corrected chi connectivity index (χ1v) is 13.8. The average molecular weight is 575 g/mol. The van der Waals surface area contributed by atoms with Gasteiger partial charge in [-0.15, -0.1) is 0 Å². The molecule has 1 saturated carbocycles. The average Bonchev–Trinajstić information content (AvgIpc) is 3.42. The normalized spacial score (nSPS) is 17.2. The van der Waals surface area contributed by atoms with Gasteiger partial charge in [-0.25, -0.2) is 4.98 Å². The zero-order valence-corrected chi connectivity index (χ0v) is 22.9. The van der Waals surface area contributed by atoms with Gasteiger partial charge in [0.05, 0.1) is 0 Å². The molecule has 39 heavy (non-hydrogen) atoms. The molecule has 3 aromatic rings. The molecule has 2 fully saturated rings. The van der Waals surface area contributed by atoms with E-state index in [-0.39, 0.29) is 22.3 Å². The van der Waals surface area contributed by atoms with Crippen molar-refractivity contribution in [2.75, 3.05) is 47.8 Å². The maximum absolute atomic E-state index is 13.8. The van der Waals surface area contributed by atoms with E-state index in [1.54, 1.807) is 0 Å². The Hall–Kier alpha value is -3.11. The molecule has 2 N–H and O–H groups in total. The van der Waals surface area contributed by atoms with E-state index in [0.717, 1.165) is 37.4 Å². The third-order valence-corrected chi connectivity index (χ3v) is 8.06. The van der Waals surface area contributed by atoms with Crippen molar-refractivity contribution in [1.82, 2.24) is 15.3 Å². The van der Waals surface area contributed by atoms with Crippen LogP contribution in [0.5, 0.6) is 0 Å². The predicted octanol–water partition coefficient (Wildman–Crippen LogP) is 6.27. The lowest BCUT2D eigenvalue weighted by Crippen LogP contribution is -2.47. The number of rotatable bonds is 6. The van der Waals surface area contributed by atoms with E-state index in [9.17, 15) is 13.2 Å². The number of hydrogen-bond acceptors (Lipinski definition) is 5. The molecule has 2 aromatic carbocycles. The first kappa shape index (κ1) is 27.5. The van der Waals surface area contributed by atoms with Crippen LogP contribution in [0.1, 0.15) is 36.9 Å². The molecule has 206 valence electrons. The Morgan fingerprint density at radius 1 is 0.923 bits per heavy atom. The fourth-order valence-electron chi connectivity index (χ4n) is 5.45. The molecule has 0 unspecified atom stereocenters. The number of aromatic nitrogens is 2. The molecule has 0 bridgehead atoms.